The van der Waals surface area contributed by atoms with Crippen molar-refractivity contribution in [2.24, 2.45) is 0 Å². The van der Waals surface area contributed by atoms with Crippen LogP contribution in [0.15, 0.2) is 158 Å². The van der Waals surface area contributed by atoms with Gasteiger partial charge in [0.25, 0.3) is 0 Å². The fourth-order valence-electron chi connectivity index (χ4n) is 7.45. The van der Waals surface area contributed by atoms with Crippen LogP contribution in [0.2, 0.25) is 0 Å². The fourth-order valence-corrected chi connectivity index (χ4v) is 9.87. The molecule has 3 aromatic heterocycles. The number of rotatable bonds is 3. The minimum absolute atomic E-state index is 0.248. The summed E-state index contributed by atoms with van der Waals surface area (Å²) in [5.41, 5.74) is 9.92. The van der Waals surface area contributed by atoms with Crippen LogP contribution in [0, 0.1) is 0 Å². The van der Waals surface area contributed by atoms with Crippen molar-refractivity contribution in [1.29, 1.82) is 0 Å². The van der Waals surface area contributed by atoms with E-state index in [2.05, 4.69) is 167 Å². The summed E-state index contributed by atoms with van der Waals surface area (Å²) in [4.78, 5) is 0. The van der Waals surface area contributed by atoms with E-state index in [4.69, 9.17) is 0 Å². The monoisotopic (exact) mass is 638 g/mol. The third-order valence-corrected chi connectivity index (χ3v) is 11.7. The van der Waals surface area contributed by atoms with Crippen LogP contribution in [-0.2, 0) is 0 Å². The third-order valence-electron chi connectivity index (χ3n) is 9.32. The fraction of sp³-hybridized carbons (Fsp3) is 0. The number of hydrogen-bond donors (Lipinski definition) is 0. The third kappa shape index (κ3) is 3.57. The SMILES string of the molecule is c1ccc(-c2cccc3[se]c4cccc(-n5c6ccccc6c6ccc(-n7c8ccccc8c8ccccc87)cc65)c4c23)cc1. The van der Waals surface area contributed by atoms with E-state index in [1.165, 1.54) is 85.4 Å². The molecule has 0 unspecified atom stereocenters. The molecule has 0 radical (unpaired) electrons. The van der Waals surface area contributed by atoms with Gasteiger partial charge in [-0.25, -0.2) is 0 Å². The molecule has 2 nitrogen and oxygen atoms in total. The van der Waals surface area contributed by atoms with Crippen molar-refractivity contribution in [3.05, 3.63) is 158 Å². The average molecular weight is 638 g/mol. The number of benzene rings is 7. The summed E-state index contributed by atoms with van der Waals surface area (Å²) in [6.45, 7) is 0. The number of fused-ring (bicyclic) bond motifs is 9. The zero-order valence-corrected chi connectivity index (χ0v) is 26.0. The Morgan fingerprint density at radius 3 is 1.62 bits per heavy atom. The van der Waals surface area contributed by atoms with Gasteiger partial charge in [-0.15, -0.1) is 0 Å². The molecule has 0 aliphatic carbocycles. The van der Waals surface area contributed by atoms with Crippen molar-refractivity contribution >= 4 is 77.4 Å². The quantitative estimate of drug-likeness (QED) is 0.171. The van der Waals surface area contributed by atoms with E-state index in [9.17, 15) is 0 Å². The van der Waals surface area contributed by atoms with Crippen LogP contribution in [0.25, 0.3) is 85.4 Å². The zero-order valence-electron chi connectivity index (χ0n) is 24.3. The molecule has 0 amide bonds. The van der Waals surface area contributed by atoms with Crippen LogP contribution in [-0.4, -0.2) is 23.6 Å². The first-order valence-corrected chi connectivity index (χ1v) is 17.1. The Hall–Kier alpha value is -5.34. The van der Waals surface area contributed by atoms with Crippen LogP contribution < -0.4 is 0 Å². The summed E-state index contributed by atoms with van der Waals surface area (Å²) in [6, 6.07) is 58.0. The van der Waals surface area contributed by atoms with Gasteiger partial charge >= 0.3 is 267 Å². The van der Waals surface area contributed by atoms with E-state index in [1.54, 1.807) is 0 Å². The van der Waals surface area contributed by atoms with Gasteiger partial charge in [-0.2, -0.15) is 0 Å². The van der Waals surface area contributed by atoms with Gasteiger partial charge in [0.1, 0.15) is 0 Å². The Kier molecular flexibility index (Phi) is 5.33. The van der Waals surface area contributed by atoms with Crippen molar-refractivity contribution in [1.82, 2.24) is 9.13 Å². The first-order chi connectivity index (χ1) is 22.3. The first kappa shape index (κ1) is 25.0. The molecule has 210 valence electrons. The molecular weight excluding hydrogens is 611 g/mol. The summed E-state index contributed by atoms with van der Waals surface area (Å²) in [7, 11) is 0. The Labute approximate surface area is 265 Å². The second-order valence-electron chi connectivity index (χ2n) is 11.7. The number of nitrogens with zero attached hydrogens (tertiary/aromatic N) is 2. The van der Waals surface area contributed by atoms with E-state index < -0.39 is 0 Å². The van der Waals surface area contributed by atoms with Crippen molar-refractivity contribution < 1.29 is 0 Å². The predicted octanol–water partition coefficient (Wildman–Crippen LogP) is 10.9. The maximum atomic E-state index is 2.52. The Morgan fingerprint density at radius 1 is 0.378 bits per heavy atom. The van der Waals surface area contributed by atoms with Gasteiger partial charge in [0.2, 0.25) is 0 Å². The molecule has 0 aliphatic heterocycles. The van der Waals surface area contributed by atoms with Crippen molar-refractivity contribution in [3.8, 4) is 22.5 Å². The number of hydrogen-bond acceptors (Lipinski definition) is 0. The molecule has 0 aliphatic rings. The molecule has 3 heteroatoms. The molecule has 10 rings (SSSR count). The molecule has 0 atom stereocenters. The second kappa shape index (κ2) is 9.58. The summed E-state index contributed by atoms with van der Waals surface area (Å²) in [5.74, 6) is 0. The summed E-state index contributed by atoms with van der Waals surface area (Å²) >= 11 is 0.248. The molecule has 10 aromatic rings. The van der Waals surface area contributed by atoms with Crippen LogP contribution >= 0.6 is 0 Å². The average Bonchev–Trinajstić information content (AvgIpc) is 3.76. The van der Waals surface area contributed by atoms with Crippen molar-refractivity contribution in [2.45, 2.75) is 0 Å². The number of aromatic nitrogens is 2. The van der Waals surface area contributed by atoms with E-state index in [-0.39, 0.29) is 14.5 Å². The molecule has 7 aromatic carbocycles. The number of para-hydroxylation sites is 3. The van der Waals surface area contributed by atoms with Gasteiger partial charge < -0.3 is 0 Å². The molecule has 0 saturated carbocycles. The van der Waals surface area contributed by atoms with Crippen LogP contribution in [0.5, 0.6) is 0 Å². The van der Waals surface area contributed by atoms with Gasteiger partial charge in [0.15, 0.2) is 0 Å². The molecule has 45 heavy (non-hydrogen) atoms. The Balaban J connectivity index is 1.34. The van der Waals surface area contributed by atoms with Gasteiger partial charge in [-0.1, -0.05) is 0 Å². The van der Waals surface area contributed by atoms with E-state index >= 15 is 0 Å². The normalized spacial score (nSPS) is 12.0. The van der Waals surface area contributed by atoms with Gasteiger partial charge in [0.05, 0.1) is 0 Å². The Morgan fingerprint density at radius 2 is 0.933 bits per heavy atom. The second-order valence-corrected chi connectivity index (χ2v) is 14.0. The van der Waals surface area contributed by atoms with Crippen LogP contribution in [0.4, 0.5) is 0 Å². The van der Waals surface area contributed by atoms with Crippen molar-refractivity contribution in [2.75, 3.05) is 0 Å². The van der Waals surface area contributed by atoms with Crippen LogP contribution in [0.1, 0.15) is 0 Å². The molecule has 0 saturated heterocycles. The van der Waals surface area contributed by atoms with Crippen LogP contribution in [0.3, 0.4) is 0 Å². The van der Waals surface area contributed by atoms with Gasteiger partial charge in [0, 0.05) is 0 Å². The standard InChI is InChI=1S/C42H26N2Se/c1-2-12-27(13-3-1)29-17-10-22-39-41(29)42-37(21-11-23-40(42)45-39)44-36-20-9-6-16-32(36)33-25-24-28(26-38(33)44)43-34-18-7-4-14-30(34)31-15-5-8-19-35(31)43/h1-26H. The molecule has 0 fully saturated rings. The van der Waals surface area contributed by atoms with Gasteiger partial charge in [-0.3, -0.25) is 0 Å². The Bertz CT molecular complexity index is 2710. The maximum absolute atomic E-state index is 2.52. The molecule has 0 N–H and O–H groups in total. The summed E-state index contributed by atoms with van der Waals surface area (Å²) in [5, 5.41) is 7.87. The molecule has 0 spiro atoms. The summed E-state index contributed by atoms with van der Waals surface area (Å²) < 4.78 is 7.85. The van der Waals surface area contributed by atoms with Gasteiger partial charge in [-0.05, 0) is 0 Å². The minimum atomic E-state index is 0.248. The van der Waals surface area contributed by atoms with E-state index in [1.807, 2.05) is 0 Å². The molecule has 3 heterocycles. The van der Waals surface area contributed by atoms with E-state index in [0.29, 0.717) is 0 Å². The summed E-state index contributed by atoms with van der Waals surface area (Å²) in [6.07, 6.45) is 0. The predicted molar refractivity (Wildman–Crippen MR) is 193 cm³/mol. The van der Waals surface area contributed by atoms with E-state index in [0.717, 1.165) is 0 Å². The topological polar surface area (TPSA) is 9.86 Å². The molecular formula is C42H26N2Se. The first-order valence-electron chi connectivity index (χ1n) is 15.4. The van der Waals surface area contributed by atoms with Crippen molar-refractivity contribution in [3.63, 3.8) is 0 Å². The zero-order chi connectivity index (χ0) is 29.5. The molecule has 0 bridgehead atoms.